The van der Waals surface area contributed by atoms with Crippen LogP contribution in [0.5, 0.6) is 0 Å². The molecule has 1 aliphatic rings. The molecule has 2 heterocycles. The van der Waals surface area contributed by atoms with Crippen LogP contribution in [0.1, 0.15) is 36.3 Å². The van der Waals surface area contributed by atoms with Crippen LogP contribution in [0, 0.1) is 13.8 Å². The van der Waals surface area contributed by atoms with Gasteiger partial charge in [0, 0.05) is 36.3 Å². The molecule has 0 saturated carbocycles. The van der Waals surface area contributed by atoms with Crippen molar-refractivity contribution >= 4 is 29.2 Å². The van der Waals surface area contributed by atoms with Crippen molar-refractivity contribution in [3.8, 4) is 0 Å². The summed E-state index contributed by atoms with van der Waals surface area (Å²) in [6.07, 6.45) is 2.03. The van der Waals surface area contributed by atoms with Gasteiger partial charge in [0.25, 0.3) is 5.91 Å². The zero-order valence-electron chi connectivity index (χ0n) is 16.0. The molecule has 8 heteroatoms. The van der Waals surface area contributed by atoms with E-state index in [0.717, 1.165) is 23.4 Å². The number of aromatic nitrogens is 1. The van der Waals surface area contributed by atoms with Crippen LogP contribution >= 0.6 is 0 Å². The van der Waals surface area contributed by atoms with Gasteiger partial charge in [-0.2, -0.15) is 0 Å². The molecule has 1 saturated heterocycles. The summed E-state index contributed by atoms with van der Waals surface area (Å²) in [7, 11) is 0. The van der Waals surface area contributed by atoms with Gasteiger partial charge in [0.15, 0.2) is 6.61 Å². The fourth-order valence-corrected chi connectivity index (χ4v) is 3.15. The summed E-state index contributed by atoms with van der Waals surface area (Å²) < 4.78 is 10.1. The molecule has 0 atom stereocenters. The van der Waals surface area contributed by atoms with Gasteiger partial charge >= 0.3 is 5.97 Å². The summed E-state index contributed by atoms with van der Waals surface area (Å²) >= 11 is 0. The summed E-state index contributed by atoms with van der Waals surface area (Å²) in [5, 5.41) is 6.51. The molecule has 1 fully saturated rings. The minimum atomic E-state index is -0.460. The average molecular weight is 385 g/mol. The highest BCUT2D eigenvalue weighted by Gasteiger charge is 2.21. The molecule has 3 rings (SSSR count). The Morgan fingerprint density at radius 2 is 2.00 bits per heavy atom. The van der Waals surface area contributed by atoms with Gasteiger partial charge in [0.2, 0.25) is 5.91 Å². The SMILES string of the molecule is Cc1noc(C)c1CCC(=O)OCC(=O)Nc1ccc(N2CCCC2=O)cc1. The Morgan fingerprint density at radius 1 is 1.25 bits per heavy atom. The summed E-state index contributed by atoms with van der Waals surface area (Å²) in [6, 6.07) is 7.01. The van der Waals surface area contributed by atoms with Crippen molar-refractivity contribution in [3.05, 3.63) is 41.3 Å². The first-order valence-corrected chi connectivity index (χ1v) is 9.21. The molecule has 148 valence electrons. The molecular formula is C20H23N3O5. The Labute approximate surface area is 162 Å². The highest BCUT2D eigenvalue weighted by atomic mass is 16.5. The van der Waals surface area contributed by atoms with Crippen LogP contribution in [0.15, 0.2) is 28.8 Å². The van der Waals surface area contributed by atoms with Gasteiger partial charge in [-0.05, 0) is 51.0 Å². The number of esters is 1. The van der Waals surface area contributed by atoms with Gasteiger partial charge < -0.3 is 19.5 Å². The van der Waals surface area contributed by atoms with Crippen molar-refractivity contribution in [2.24, 2.45) is 0 Å². The summed E-state index contributed by atoms with van der Waals surface area (Å²) in [5.41, 5.74) is 3.03. The van der Waals surface area contributed by atoms with E-state index in [1.807, 2.05) is 6.92 Å². The lowest BCUT2D eigenvalue weighted by molar-refractivity contribution is -0.147. The summed E-state index contributed by atoms with van der Waals surface area (Å²) in [4.78, 5) is 37.3. The average Bonchev–Trinajstić information content (AvgIpc) is 3.24. The second kappa shape index (κ2) is 8.69. The molecule has 1 aliphatic heterocycles. The van der Waals surface area contributed by atoms with Gasteiger partial charge in [0.1, 0.15) is 5.76 Å². The van der Waals surface area contributed by atoms with Crippen molar-refractivity contribution in [1.29, 1.82) is 0 Å². The first-order chi connectivity index (χ1) is 13.4. The van der Waals surface area contributed by atoms with Crippen molar-refractivity contribution in [3.63, 3.8) is 0 Å². The smallest absolute Gasteiger partial charge is 0.306 e. The van der Waals surface area contributed by atoms with E-state index in [4.69, 9.17) is 9.26 Å². The Morgan fingerprint density at radius 3 is 2.61 bits per heavy atom. The van der Waals surface area contributed by atoms with E-state index in [-0.39, 0.29) is 18.9 Å². The predicted octanol–water partition coefficient (Wildman–Crippen LogP) is 2.53. The highest BCUT2D eigenvalue weighted by Crippen LogP contribution is 2.23. The summed E-state index contributed by atoms with van der Waals surface area (Å²) in [5.74, 6) is -0.0869. The van der Waals surface area contributed by atoms with Gasteiger partial charge in [-0.15, -0.1) is 0 Å². The number of aryl methyl sites for hydroxylation is 2. The molecule has 2 aromatic rings. The number of hydrogen-bond acceptors (Lipinski definition) is 6. The second-order valence-corrected chi connectivity index (χ2v) is 6.71. The normalized spacial score (nSPS) is 13.6. The van der Waals surface area contributed by atoms with E-state index >= 15 is 0 Å². The van der Waals surface area contributed by atoms with Crippen molar-refractivity contribution < 1.29 is 23.6 Å². The molecule has 8 nitrogen and oxygen atoms in total. The van der Waals surface area contributed by atoms with Gasteiger partial charge in [-0.3, -0.25) is 14.4 Å². The Bertz CT molecular complexity index is 853. The van der Waals surface area contributed by atoms with Crippen LogP contribution in [0.4, 0.5) is 11.4 Å². The number of carbonyl (C=O) groups excluding carboxylic acids is 3. The molecule has 1 aromatic heterocycles. The number of ether oxygens (including phenoxy) is 1. The minimum Gasteiger partial charge on any atom is -0.456 e. The van der Waals surface area contributed by atoms with E-state index in [1.54, 1.807) is 36.1 Å². The molecular weight excluding hydrogens is 362 g/mol. The lowest BCUT2D eigenvalue weighted by Crippen LogP contribution is -2.24. The van der Waals surface area contributed by atoms with E-state index < -0.39 is 11.9 Å². The quantitative estimate of drug-likeness (QED) is 0.735. The third-order valence-corrected chi connectivity index (χ3v) is 4.66. The molecule has 28 heavy (non-hydrogen) atoms. The second-order valence-electron chi connectivity index (χ2n) is 6.71. The van der Waals surface area contributed by atoms with Crippen LogP contribution in [-0.2, 0) is 25.5 Å². The van der Waals surface area contributed by atoms with Crippen LogP contribution in [0.25, 0.3) is 0 Å². The molecule has 0 unspecified atom stereocenters. The molecule has 2 amide bonds. The van der Waals surface area contributed by atoms with Gasteiger partial charge in [0.05, 0.1) is 5.69 Å². The van der Waals surface area contributed by atoms with Crippen molar-refractivity contribution in [1.82, 2.24) is 5.16 Å². The third-order valence-electron chi connectivity index (χ3n) is 4.66. The molecule has 0 spiro atoms. The number of carbonyl (C=O) groups is 3. The van der Waals surface area contributed by atoms with E-state index in [1.165, 1.54) is 0 Å². The minimum absolute atomic E-state index is 0.111. The monoisotopic (exact) mass is 385 g/mol. The molecule has 1 aromatic carbocycles. The topological polar surface area (TPSA) is 102 Å². The number of nitrogens with zero attached hydrogens (tertiary/aromatic N) is 2. The Hall–Kier alpha value is -3.16. The number of rotatable bonds is 7. The largest absolute Gasteiger partial charge is 0.456 e. The maximum absolute atomic E-state index is 12.0. The number of amides is 2. The van der Waals surface area contributed by atoms with Crippen LogP contribution < -0.4 is 10.2 Å². The fraction of sp³-hybridized carbons (Fsp3) is 0.400. The van der Waals surface area contributed by atoms with Crippen molar-refractivity contribution in [2.45, 2.75) is 39.5 Å². The van der Waals surface area contributed by atoms with Crippen molar-refractivity contribution in [2.75, 3.05) is 23.4 Å². The zero-order chi connectivity index (χ0) is 20.1. The molecule has 1 N–H and O–H groups in total. The van der Waals surface area contributed by atoms with Crippen LogP contribution in [0.3, 0.4) is 0 Å². The number of hydrogen-bond donors (Lipinski definition) is 1. The third kappa shape index (κ3) is 4.76. The first-order valence-electron chi connectivity index (χ1n) is 9.21. The number of benzene rings is 1. The molecule has 0 radical (unpaired) electrons. The number of nitrogens with one attached hydrogen (secondary N) is 1. The maximum Gasteiger partial charge on any atom is 0.306 e. The summed E-state index contributed by atoms with van der Waals surface area (Å²) in [6.45, 7) is 3.97. The fourth-order valence-electron chi connectivity index (χ4n) is 3.15. The first kappa shape index (κ1) is 19.6. The van der Waals surface area contributed by atoms with E-state index in [9.17, 15) is 14.4 Å². The van der Waals surface area contributed by atoms with Gasteiger partial charge in [-0.25, -0.2) is 0 Å². The Kier molecular flexibility index (Phi) is 6.08. The van der Waals surface area contributed by atoms with Crippen LogP contribution in [0.2, 0.25) is 0 Å². The maximum atomic E-state index is 12.0. The predicted molar refractivity (Wildman–Crippen MR) is 102 cm³/mol. The lowest BCUT2D eigenvalue weighted by atomic mass is 10.1. The standard InChI is InChI=1S/C20H23N3O5/c1-13-17(14(2)28-22-13)9-10-20(26)27-12-18(24)21-15-5-7-16(8-6-15)23-11-3-4-19(23)25/h5-8H,3-4,9-12H2,1-2H3,(H,21,24). The number of anilines is 2. The zero-order valence-corrected chi connectivity index (χ0v) is 16.0. The highest BCUT2D eigenvalue weighted by molar-refractivity contribution is 5.96. The lowest BCUT2D eigenvalue weighted by Gasteiger charge is -2.16. The Balaban J connectivity index is 1.42. The molecule has 0 aliphatic carbocycles. The molecule has 0 bridgehead atoms. The van der Waals surface area contributed by atoms with E-state index in [0.29, 0.717) is 30.8 Å². The van der Waals surface area contributed by atoms with E-state index in [2.05, 4.69) is 10.5 Å². The van der Waals surface area contributed by atoms with Crippen LogP contribution in [-0.4, -0.2) is 36.1 Å². The van der Waals surface area contributed by atoms with Gasteiger partial charge in [-0.1, -0.05) is 5.16 Å².